The number of carbonyl (C=O) groups excluding carboxylic acids is 7. The molecule has 2 atom stereocenters. The molecule has 8 rings (SSSR count). The average molecular weight is 1320 g/mol. The van der Waals surface area contributed by atoms with Crippen LogP contribution >= 0.6 is 0 Å². The fourth-order valence-corrected chi connectivity index (χ4v) is 11.4. The van der Waals surface area contributed by atoms with Crippen LogP contribution in [0.1, 0.15) is 57.5 Å². The van der Waals surface area contributed by atoms with E-state index in [2.05, 4.69) is 53.0 Å². The molecule has 516 valence electrons. The minimum Gasteiger partial charge on any atom is -0.379 e. The van der Waals surface area contributed by atoms with Gasteiger partial charge in [0.2, 0.25) is 29.5 Å². The zero-order valence-electron chi connectivity index (χ0n) is 53.7. The van der Waals surface area contributed by atoms with E-state index in [0.29, 0.717) is 174 Å². The third-order valence-corrected chi connectivity index (χ3v) is 16.5. The lowest BCUT2D eigenvalue weighted by Gasteiger charge is -2.35. The maximum absolute atomic E-state index is 14.0. The molecule has 5 aliphatic heterocycles. The van der Waals surface area contributed by atoms with Gasteiger partial charge in [-0.25, -0.2) is 0 Å². The fourth-order valence-electron chi connectivity index (χ4n) is 11.4. The molecule has 5 heterocycles. The molecule has 7 amide bonds. The van der Waals surface area contributed by atoms with Gasteiger partial charge in [0, 0.05) is 104 Å². The molecule has 2 unspecified atom stereocenters. The van der Waals surface area contributed by atoms with Gasteiger partial charge in [-0.15, -0.1) is 0 Å². The Balaban J connectivity index is 0.553. The highest BCUT2D eigenvalue weighted by Gasteiger charge is 2.46. The Labute approximate surface area is 546 Å². The van der Waals surface area contributed by atoms with Gasteiger partial charge in [-0.2, -0.15) is 13.2 Å². The lowest BCUT2D eigenvalue weighted by molar-refractivity contribution is -0.136. The number of rotatable bonds is 41. The number of anilines is 2. The summed E-state index contributed by atoms with van der Waals surface area (Å²) in [6.45, 7) is 15.2. The predicted octanol–water partition coefficient (Wildman–Crippen LogP) is 3.09. The maximum atomic E-state index is 14.0. The van der Waals surface area contributed by atoms with Crippen LogP contribution in [0.15, 0.2) is 72.3 Å². The number of nitrogens with zero attached hydrogens (tertiary/aromatic N) is 5. The van der Waals surface area contributed by atoms with Crippen molar-refractivity contribution < 1.29 is 89.4 Å². The van der Waals surface area contributed by atoms with Gasteiger partial charge in [0.25, 0.3) is 11.8 Å². The van der Waals surface area contributed by atoms with Crippen LogP contribution in [0.3, 0.4) is 0 Å². The first-order chi connectivity index (χ1) is 45.6. The number of imide groups is 2. The summed E-state index contributed by atoms with van der Waals surface area (Å²) >= 11 is 0. The molecular formula is C66H90F3N9O16. The van der Waals surface area contributed by atoms with Gasteiger partial charge in [-0.1, -0.05) is 36.4 Å². The topological polar surface area (TPSA) is 267 Å². The number of alkyl halides is 3. The first-order valence-corrected chi connectivity index (χ1v) is 32.4. The molecule has 5 aliphatic rings. The van der Waals surface area contributed by atoms with Crippen molar-refractivity contribution in [3.63, 3.8) is 0 Å². The van der Waals surface area contributed by atoms with Crippen molar-refractivity contribution in [1.82, 2.24) is 35.6 Å². The molecule has 0 aliphatic carbocycles. The molecule has 0 radical (unpaired) electrons. The van der Waals surface area contributed by atoms with Crippen LogP contribution in [0.25, 0.3) is 11.1 Å². The van der Waals surface area contributed by atoms with E-state index in [1.807, 2.05) is 37.4 Å². The van der Waals surface area contributed by atoms with Crippen LogP contribution in [0.4, 0.5) is 24.5 Å². The number of piperidine rings is 1. The Kier molecular flexibility index (Phi) is 30.0. The van der Waals surface area contributed by atoms with E-state index in [1.165, 1.54) is 0 Å². The highest BCUT2D eigenvalue weighted by Crippen LogP contribution is 2.37. The number of ether oxygens (including phenoxy) is 9. The van der Waals surface area contributed by atoms with Crippen molar-refractivity contribution in [2.75, 3.05) is 208 Å². The van der Waals surface area contributed by atoms with Gasteiger partial charge in [0.1, 0.15) is 6.04 Å². The number of nitrogens with one attached hydrogen (secondary N) is 4. The monoisotopic (exact) mass is 1320 g/mol. The van der Waals surface area contributed by atoms with Crippen molar-refractivity contribution >= 4 is 52.7 Å². The van der Waals surface area contributed by atoms with Crippen LogP contribution < -0.4 is 26.2 Å². The summed E-state index contributed by atoms with van der Waals surface area (Å²) < 4.78 is 92.1. The van der Waals surface area contributed by atoms with Crippen molar-refractivity contribution in [3.8, 4) is 11.1 Å². The van der Waals surface area contributed by atoms with Crippen molar-refractivity contribution in [3.05, 3.63) is 94.6 Å². The first-order valence-electron chi connectivity index (χ1n) is 32.4. The summed E-state index contributed by atoms with van der Waals surface area (Å²) in [5.74, 6) is -5.47. The first kappa shape index (κ1) is 73.0. The molecule has 94 heavy (non-hydrogen) atoms. The normalized spacial score (nSPS) is 18.3. The lowest BCUT2D eigenvalue weighted by atomic mass is 9.93. The number of fused-ring (bicyclic) bond motifs is 1. The van der Waals surface area contributed by atoms with Crippen molar-refractivity contribution in [2.24, 2.45) is 5.92 Å². The molecule has 3 saturated heterocycles. The average Bonchev–Trinajstić information content (AvgIpc) is 1.58. The molecule has 4 N–H and O–H groups in total. The number of hydrogen-bond donors (Lipinski definition) is 4. The second kappa shape index (κ2) is 38.7. The molecule has 3 aromatic carbocycles. The summed E-state index contributed by atoms with van der Waals surface area (Å²) in [5.41, 5.74) is 4.06. The van der Waals surface area contributed by atoms with Gasteiger partial charge in [0.05, 0.1) is 146 Å². The van der Waals surface area contributed by atoms with E-state index in [4.69, 9.17) is 42.6 Å². The van der Waals surface area contributed by atoms with Crippen LogP contribution in [0.5, 0.6) is 0 Å². The van der Waals surface area contributed by atoms with E-state index in [9.17, 15) is 46.7 Å². The zero-order valence-corrected chi connectivity index (χ0v) is 53.7. The molecule has 25 nitrogen and oxygen atoms in total. The van der Waals surface area contributed by atoms with Gasteiger partial charge < -0.3 is 68.4 Å². The summed E-state index contributed by atoms with van der Waals surface area (Å²) in [6.07, 6.45) is -2.81. The number of aryl methyl sites for hydroxylation is 1. The Morgan fingerprint density at radius 3 is 1.79 bits per heavy atom. The van der Waals surface area contributed by atoms with Crippen LogP contribution in [-0.2, 0) is 79.6 Å². The van der Waals surface area contributed by atoms with E-state index < -0.39 is 65.7 Å². The summed E-state index contributed by atoms with van der Waals surface area (Å²) in [6, 6.07) is 17.9. The fraction of sp³-hybridized carbons (Fsp3) is 0.591. The summed E-state index contributed by atoms with van der Waals surface area (Å²) in [5, 5.41) is 10.4. The number of hydrogen-bond acceptors (Lipinski definition) is 20. The predicted molar refractivity (Wildman–Crippen MR) is 339 cm³/mol. The number of carbonyl (C=O) groups is 7. The van der Waals surface area contributed by atoms with E-state index >= 15 is 0 Å². The second-order valence-corrected chi connectivity index (χ2v) is 23.2. The van der Waals surface area contributed by atoms with Gasteiger partial charge in [-0.05, 0) is 72.8 Å². The molecule has 3 aromatic rings. The summed E-state index contributed by atoms with van der Waals surface area (Å²) in [7, 11) is 2.03. The third kappa shape index (κ3) is 23.2. The van der Waals surface area contributed by atoms with Gasteiger partial charge >= 0.3 is 6.18 Å². The van der Waals surface area contributed by atoms with E-state index in [0.717, 1.165) is 79.6 Å². The van der Waals surface area contributed by atoms with E-state index in [-0.39, 0.29) is 30.7 Å². The molecule has 0 bridgehead atoms. The molecule has 0 saturated carbocycles. The van der Waals surface area contributed by atoms with Crippen LogP contribution in [0, 0.1) is 5.92 Å². The minimum absolute atomic E-state index is 0.0670. The molecular weight excluding hydrogens is 1230 g/mol. The number of likely N-dealkylation sites (N-methyl/N-ethyl adjacent to an activating group) is 1. The number of halogens is 3. The Hall–Kier alpha value is -6.80. The van der Waals surface area contributed by atoms with Gasteiger partial charge in [-0.3, -0.25) is 53.6 Å². The molecule has 28 heteroatoms. The standard InChI is InChI=1S/C66H90F3N9O16/c1-74-17-23-77(24-18-74)56-11-10-51(44-55(56)72-62(82)53-46-71-60(81)45-54(53)66(67,68)69)50-7-2-5-48(43-50)47-76-21-19-75(20-22-76)16-15-70-58(79)14-26-87-28-30-89-32-34-91-36-38-93-40-42-94-41-39-92-37-35-90-33-31-88-29-27-86-25-4-8-49-6-3-9-52-61(49)65(85)78(64(52)84)57-12-13-59(80)73-63(57)83/h2-3,5-7,9-11,43-45,53,57H,4,8,12-42,46-47H2,1H3,(H,70,79)(H,71,81)(H,72,82)(H,73,80,83). The number of benzene rings is 3. The smallest absolute Gasteiger partial charge is 0.379 e. The Morgan fingerprint density at radius 1 is 0.628 bits per heavy atom. The third-order valence-electron chi connectivity index (χ3n) is 16.5. The Bertz CT molecular complexity index is 3000. The SMILES string of the molecule is CN1CCN(c2ccc(-c3cccc(CN4CCN(CCNC(=O)CCOCCOCCOCCOCCOCCOCCOCCOCCOCCCc5cccc6c5C(=O)N(C5CCC(=O)NC5=O)C6=O)CC4)c3)cc2NC(=O)C2CNC(=O)C=C2C(F)(F)F)CC1. The molecule has 3 fully saturated rings. The van der Waals surface area contributed by atoms with Crippen LogP contribution in [0.2, 0.25) is 0 Å². The summed E-state index contributed by atoms with van der Waals surface area (Å²) in [4.78, 5) is 98.2. The minimum atomic E-state index is -4.84. The van der Waals surface area contributed by atoms with Gasteiger partial charge in [0.15, 0.2) is 0 Å². The highest BCUT2D eigenvalue weighted by molar-refractivity contribution is 6.24. The van der Waals surface area contributed by atoms with E-state index in [1.54, 1.807) is 18.2 Å². The van der Waals surface area contributed by atoms with Crippen molar-refractivity contribution in [2.45, 2.75) is 50.9 Å². The maximum Gasteiger partial charge on any atom is 0.413 e. The quantitative estimate of drug-likeness (QED) is 0.0470. The zero-order chi connectivity index (χ0) is 66.5. The molecule has 0 aromatic heterocycles. The number of piperazine rings is 2. The number of amides is 7. The lowest BCUT2D eigenvalue weighted by Crippen LogP contribution is -2.54. The molecule has 0 spiro atoms. The second-order valence-electron chi connectivity index (χ2n) is 23.2. The largest absolute Gasteiger partial charge is 0.413 e. The highest BCUT2D eigenvalue weighted by atomic mass is 19.4. The Morgan fingerprint density at radius 2 is 1.19 bits per heavy atom. The van der Waals surface area contributed by atoms with Crippen LogP contribution in [-0.4, -0.2) is 271 Å². The van der Waals surface area contributed by atoms with Crippen molar-refractivity contribution in [1.29, 1.82) is 0 Å².